The van der Waals surface area contributed by atoms with Crippen LogP contribution in [0.2, 0.25) is 0 Å². The molecule has 29 heavy (non-hydrogen) atoms. The van der Waals surface area contributed by atoms with E-state index in [4.69, 9.17) is 4.74 Å². The maximum absolute atomic E-state index is 5.90. The number of rotatable bonds is 8. The number of fused-ring (bicyclic) bond motifs is 1. The van der Waals surface area contributed by atoms with E-state index in [-0.39, 0.29) is 0 Å². The lowest BCUT2D eigenvalue weighted by Crippen LogP contribution is -2.15. The lowest BCUT2D eigenvalue weighted by atomic mass is 10.0. The minimum absolute atomic E-state index is 0.872. The van der Waals surface area contributed by atoms with Crippen LogP contribution in [0.4, 0.5) is 0 Å². The Balaban J connectivity index is 1.32. The van der Waals surface area contributed by atoms with Crippen molar-refractivity contribution in [2.75, 3.05) is 20.6 Å². The molecular formula is C26H30N2O. The molecule has 0 spiro atoms. The first-order chi connectivity index (χ1) is 14.2. The van der Waals surface area contributed by atoms with Crippen LogP contribution in [0.5, 0.6) is 11.5 Å². The van der Waals surface area contributed by atoms with E-state index in [1.54, 1.807) is 0 Å². The predicted octanol–water partition coefficient (Wildman–Crippen LogP) is 5.49. The summed E-state index contributed by atoms with van der Waals surface area (Å²) >= 11 is 0. The van der Waals surface area contributed by atoms with Gasteiger partial charge < -0.3 is 9.64 Å². The van der Waals surface area contributed by atoms with Gasteiger partial charge in [-0.05, 0) is 80.0 Å². The Morgan fingerprint density at radius 3 is 2.24 bits per heavy atom. The predicted molar refractivity (Wildman–Crippen MR) is 119 cm³/mol. The molecule has 3 nitrogen and oxygen atoms in total. The summed E-state index contributed by atoms with van der Waals surface area (Å²) in [5.74, 6) is 1.75. The average Bonchev–Trinajstić information content (AvgIpc) is 3.11. The SMILES string of the molecule is CN(C)CCCc1ccc2c(c1)CN(Cc1ccc(Oc3ccccc3)cc1)C2. The second kappa shape index (κ2) is 9.25. The average molecular weight is 387 g/mol. The van der Waals surface area contributed by atoms with E-state index >= 15 is 0 Å². The van der Waals surface area contributed by atoms with Gasteiger partial charge in [0.2, 0.25) is 0 Å². The van der Waals surface area contributed by atoms with Crippen LogP contribution < -0.4 is 4.74 Å². The second-order valence-corrected chi connectivity index (χ2v) is 8.21. The molecule has 1 aliphatic heterocycles. The largest absolute Gasteiger partial charge is 0.457 e. The fourth-order valence-electron chi connectivity index (χ4n) is 3.93. The van der Waals surface area contributed by atoms with Crippen LogP contribution in [0.15, 0.2) is 72.8 Å². The third-order valence-electron chi connectivity index (χ3n) is 5.44. The Bertz CT molecular complexity index is 919. The van der Waals surface area contributed by atoms with Crippen LogP contribution in [-0.4, -0.2) is 30.4 Å². The van der Waals surface area contributed by atoms with Crippen molar-refractivity contribution < 1.29 is 4.74 Å². The molecule has 0 radical (unpaired) electrons. The van der Waals surface area contributed by atoms with Gasteiger partial charge in [-0.2, -0.15) is 0 Å². The molecule has 0 N–H and O–H groups in total. The lowest BCUT2D eigenvalue weighted by molar-refractivity contribution is 0.275. The monoisotopic (exact) mass is 386 g/mol. The van der Waals surface area contributed by atoms with Gasteiger partial charge in [-0.25, -0.2) is 0 Å². The van der Waals surface area contributed by atoms with Crippen LogP contribution in [0.3, 0.4) is 0 Å². The van der Waals surface area contributed by atoms with Crippen LogP contribution in [-0.2, 0) is 26.1 Å². The van der Waals surface area contributed by atoms with Crippen LogP contribution >= 0.6 is 0 Å². The lowest BCUT2D eigenvalue weighted by Gasteiger charge is -2.15. The summed E-state index contributed by atoms with van der Waals surface area (Å²) in [4.78, 5) is 4.77. The number of nitrogens with zero attached hydrogens (tertiary/aromatic N) is 2. The van der Waals surface area contributed by atoms with E-state index in [9.17, 15) is 0 Å². The van der Waals surface area contributed by atoms with Crippen LogP contribution in [0, 0.1) is 0 Å². The van der Waals surface area contributed by atoms with Crippen molar-refractivity contribution in [1.29, 1.82) is 0 Å². The molecular weight excluding hydrogens is 356 g/mol. The zero-order valence-electron chi connectivity index (χ0n) is 17.5. The molecule has 0 unspecified atom stereocenters. The van der Waals surface area contributed by atoms with Gasteiger partial charge in [0.15, 0.2) is 0 Å². The van der Waals surface area contributed by atoms with Crippen molar-refractivity contribution >= 4 is 0 Å². The third kappa shape index (κ3) is 5.47. The van der Waals surface area contributed by atoms with Crippen LogP contribution in [0.1, 0.15) is 28.7 Å². The smallest absolute Gasteiger partial charge is 0.127 e. The maximum Gasteiger partial charge on any atom is 0.127 e. The molecule has 1 aliphatic rings. The standard InChI is InChI=1S/C26H30N2O/c1-27(2)16-6-7-21-10-13-23-19-28(20-24(23)17-21)18-22-11-14-26(15-12-22)29-25-8-4-3-5-9-25/h3-5,8-15,17H,6-7,16,18-20H2,1-2H3. The van der Waals surface area contributed by atoms with Gasteiger partial charge in [-0.15, -0.1) is 0 Å². The molecule has 3 aromatic rings. The summed E-state index contributed by atoms with van der Waals surface area (Å²) in [6, 6.07) is 25.5. The van der Waals surface area contributed by atoms with Gasteiger partial charge in [0.25, 0.3) is 0 Å². The zero-order valence-corrected chi connectivity index (χ0v) is 17.5. The molecule has 1 heterocycles. The Kier molecular flexibility index (Phi) is 6.28. The minimum atomic E-state index is 0.872. The highest BCUT2D eigenvalue weighted by Crippen LogP contribution is 2.27. The maximum atomic E-state index is 5.90. The van der Waals surface area contributed by atoms with E-state index < -0.39 is 0 Å². The van der Waals surface area contributed by atoms with E-state index in [0.717, 1.165) is 44.1 Å². The number of hydrogen-bond donors (Lipinski definition) is 0. The van der Waals surface area contributed by atoms with Crippen molar-refractivity contribution in [1.82, 2.24) is 9.80 Å². The Morgan fingerprint density at radius 1 is 0.793 bits per heavy atom. The first-order valence-corrected chi connectivity index (χ1v) is 10.5. The van der Waals surface area contributed by atoms with Gasteiger partial charge in [0, 0.05) is 19.6 Å². The van der Waals surface area contributed by atoms with Crippen molar-refractivity contribution in [2.24, 2.45) is 0 Å². The Labute approximate surface area is 174 Å². The number of ether oxygens (including phenoxy) is 1. The summed E-state index contributed by atoms with van der Waals surface area (Å²) in [5, 5.41) is 0. The van der Waals surface area contributed by atoms with Gasteiger partial charge in [-0.3, -0.25) is 4.90 Å². The minimum Gasteiger partial charge on any atom is -0.457 e. The summed E-state index contributed by atoms with van der Waals surface area (Å²) in [7, 11) is 4.28. The second-order valence-electron chi connectivity index (χ2n) is 8.21. The molecule has 0 aromatic heterocycles. The fraction of sp³-hybridized carbons (Fsp3) is 0.308. The molecule has 0 amide bonds. The van der Waals surface area contributed by atoms with Crippen LogP contribution in [0.25, 0.3) is 0 Å². The van der Waals surface area contributed by atoms with E-state index in [1.165, 1.54) is 28.7 Å². The summed E-state index contributed by atoms with van der Waals surface area (Å²) < 4.78 is 5.90. The van der Waals surface area contributed by atoms with Crippen molar-refractivity contribution in [3.8, 4) is 11.5 Å². The fourth-order valence-corrected chi connectivity index (χ4v) is 3.93. The number of hydrogen-bond acceptors (Lipinski definition) is 3. The van der Waals surface area contributed by atoms with Crippen molar-refractivity contribution in [2.45, 2.75) is 32.5 Å². The molecule has 3 aromatic carbocycles. The van der Waals surface area contributed by atoms with E-state index in [1.807, 2.05) is 30.3 Å². The molecule has 0 aliphatic carbocycles. The number of benzene rings is 3. The van der Waals surface area contributed by atoms with Crippen molar-refractivity contribution in [3.05, 3.63) is 95.1 Å². The quantitative estimate of drug-likeness (QED) is 0.509. The highest BCUT2D eigenvalue weighted by atomic mass is 16.5. The van der Waals surface area contributed by atoms with Gasteiger partial charge in [-0.1, -0.05) is 48.5 Å². The molecule has 150 valence electrons. The normalized spacial score (nSPS) is 13.6. The molecule has 0 fully saturated rings. The van der Waals surface area contributed by atoms with Crippen molar-refractivity contribution in [3.63, 3.8) is 0 Å². The third-order valence-corrected chi connectivity index (χ3v) is 5.44. The number of para-hydroxylation sites is 1. The zero-order chi connectivity index (χ0) is 20.1. The highest BCUT2D eigenvalue weighted by Gasteiger charge is 2.19. The molecule has 4 rings (SSSR count). The molecule has 3 heteroatoms. The topological polar surface area (TPSA) is 15.7 Å². The summed E-state index contributed by atoms with van der Waals surface area (Å²) in [6.45, 7) is 4.19. The molecule has 0 saturated carbocycles. The molecule has 0 atom stereocenters. The first-order valence-electron chi connectivity index (χ1n) is 10.5. The van der Waals surface area contributed by atoms with E-state index in [2.05, 4.69) is 66.4 Å². The Hall–Kier alpha value is -2.62. The van der Waals surface area contributed by atoms with Gasteiger partial charge >= 0.3 is 0 Å². The van der Waals surface area contributed by atoms with Gasteiger partial charge in [0.1, 0.15) is 11.5 Å². The number of aryl methyl sites for hydroxylation is 1. The molecule has 0 bridgehead atoms. The summed E-state index contributed by atoms with van der Waals surface area (Å²) in [5.41, 5.74) is 5.76. The highest BCUT2D eigenvalue weighted by molar-refractivity contribution is 5.36. The summed E-state index contributed by atoms with van der Waals surface area (Å²) in [6.07, 6.45) is 2.38. The first kappa shape index (κ1) is 19.7. The Morgan fingerprint density at radius 2 is 1.48 bits per heavy atom. The van der Waals surface area contributed by atoms with E-state index in [0.29, 0.717) is 0 Å². The van der Waals surface area contributed by atoms with Gasteiger partial charge in [0.05, 0.1) is 0 Å². The molecule has 0 saturated heterocycles.